The summed E-state index contributed by atoms with van der Waals surface area (Å²) in [5, 5.41) is 3.15. The first-order valence-electron chi connectivity index (χ1n) is 4.68. The van der Waals surface area contributed by atoms with E-state index >= 15 is 0 Å². The molecule has 0 fully saturated rings. The highest BCUT2D eigenvalue weighted by Crippen LogP contribution is 2.28. The van der Waals surface area contributed by atoms with Crippen LogP contribution in [0, 0.1) is 0 Å². The number of amides is 1. The summed E-state index contributed by atoms with van der Waals surface area (Å²) < 4.78 is 6.66. The Balaban J connectivity index is 2.71. The van der Waals surface area contributed by atoms with Gasteiger partial charge in [0.15, 0.2) is 5.58 Å². The molecule has 0 radical (unpaired) electrons. The van der Waals surface area contributed by atoms with E-state index in [9.17, 15) is 9.59 Å². The highest BCUT2D eigenvalue weighted by Gasteiger charge is 2.09. The molecule has 4 nitrogen and oxygen atoms in total. The lowest BCUT2D eigenvalue weighted by Gasteiger charge is -2.04. The first kappa shape index (κ1) is 12.3. The molecule has 1 aromatic heterocycles. The van der Waals surface area contributed by atoms with Crippen molar-refractivity contribution in [2.75, 3.05) is 5.32 Å². The first-order chi connectivity index (χ1) is 7.97. The topological polar surface area (TPSA) is 59.3 Å². The van der Waals surface area contributed by atoms with Gasteiger partial charge >= 0.3 is 5.63 Å². The van der Waals surface area contributed by atoms with Crippen LogP contribution >= 0.6 is 31.9 Å². The Morgan fingerprint density at radius 3 is 2.65 bits per heavy atom. The SMILES string of the molecule is CC(=O)Nc1cc2cc(Br)cc(Br)c2oc1=O. The van der Waals surface area contributed by atoms with Gasteiger partial charge in [0.2, 0.25) is 5.91 Å². The van der Waals surface area contributed by atoms with Crippen LogP contribution in [0.4, 0.5) is 5.69 Å². The molecule has 0 bridgehead atoms. The Hall–Kier alpha value is -1.14. The largest absolute Gasteiger partial charge is 0.420 e. The maximum absolute atomic E-state index is 11.6. The molecule has 0 spiro atoms. The summed E-state index contributed by atoms with van der Waals surface area (Å²) in [5.74, 6) is -0.314. The van der Waals surface area contributed by atoms with Gasteiger partial charge in [-0.2, -0.15) is 0 Å². The Morgan fingerprint density at radius 1 is 1.29 bits per heavy atom. The van der Waals surface area contributed by atoms with E-state index in [1.54, 1.807) is 18.2 Å². The van der Waals surface area contributed by atoms with Gasteiger partial charge < -0.3 is 9.73 Å². The Bertz CT molecular complexity index is 664. The van der Waals surface area contributed by atoms with Crippen LogP contribution < -0.4 is 10.9 Å². The molecule has 0 unspecified atom stereocenters. The predicted molar refractivity (Wildman–Crippen MR) is 72.2 cm³/mol. The third-order valence-corrected chi connectivity index (χ3v) is 3.11. The number of hydrogen-bond donors (Lipinski definition) is 1. The molecule has 0 saturated heterocycles. The van der Waals surface area contributed by atoms with Crippen LogP contribution in [0.1, 0.15) is 6.92 Å². The number of anilines is 1. The van der Waals surface area contributed by atoms with Gasteiger partial charge in [-0.15, -0.1) is 0 Å². The third kappa shape index (κ3) is 2.58. The fraction of sp³-hybridized carbons (Fsp3) is 0.0909. The fourth-order valence-electron chi connectivity index (χ4n) is 1.43. The lowest BCUT2D eigenvalue weighted by atomic mass is 10.2. The highest BCUT2D eigenvalue weighted by molar-refractivity contribution is 9.11. The van der Waals surface area contributed by atoms with Crippen molar-refractivity contribution in [3.63, 3.8) is 0 Å². The summed E-state index contributed by atoms with van der Waals surface area (Å²) in [5.41, 5.74) is 0.0121. The van der Waals surface area contributed by atoms with E-state index in [1.165, 1.54) is 6.92 Å². The van der Waals surface area contributed by atoms with E-state index in [2.05, 4.69) is 37.2 Å². The third-order valence-electron chi connectivity index (χ3n) is 2.06. The second-order valence-electron chi connectivity index (χ2n) is 3.43. The zero-order valence-electron chi connectivity index (χ0n) is 8.71. The van der Waals surface area contributed by atoms with E-state index in [0.717, 1.165) is 9.86 Å². The van der Waals surface area contributed by atoms with Crippen molar-refractivity contribution in [1.29, 1.82) is 0 Å². The van der Waals surface area contributed by atoms with Gasteiger partial charge in [0.25, 0.3) is 0 Å². The molecule has 0 saturated carbocycles. The summed E-state index contributed by atoms with van der Waals surface area (Å²) >= 11 is 6.65. The van der Waals surface area contributed by atoms with Crippen LogP contribution in [-0.4, -0.2) is 5.91 Å². The fourth-order valence-corrected chi connectivity index (χ4v) is 2.77. The van der Waals surface area contributed by atoms with Crippen molar-refractivity contribution >= 4 is 54.4 Å². The van der Waals surface area contributed by atoms with E-state index in [1.807, 2.05) is 0 Å². The number of carbonyl (C=O) groups is 1. The molecule has 2 aromatic rings. The summed E-state index contributed by atoms with van der Waals surface area (Å²) in [6, 6.07) is 5.16. The molecule has 0 atom stereocenters. The number of rotatable bonds is 1. The average Bonchev–Trinajstić information content (AvgIpc) is 2.20. The molecule has 1 aromatic carbocycles. The Labute approximate surface area is 113 Å². The van der Waals surface area contributed by atoms with Crippen LogP contribution in [-0.2, 0) is 4.79 Å². The van der Waals surface area contributed by atoms with Crippen LogP contribution in [0.25, 0.3) is 11.0 Å². The smallest absolute Gasteiger partial charge is 0.360 e. The molecular formula is C11H7Br2NO3. The summed E-state index contributed by atoms with van der Waals surface area (Å²) in [4.78, 5) is 22.5. The number of halogens is 2. The van der Waals surface area contributed by atoms with Crippen LogP contribution in [0.3, 0.4) is 0 Å². The van der Waals surface area contributed by atoms with Gasteiger partial charge in [0.05, 0.1) is 4.47 Å². The maximum Gasteiger partial charge on any atom is 0.360 e. The zero-order valence-corrected chi connectivity index (χ0v) is 11.9. The summed E-state index contributed by atoms with van der Waals surface area (Å²) in [6.07, 6.45) is 0. The number of fused-ring (bicyclic) bond motifs is 1. The van der Waals surface area contributed by atoms with E-state index in [4.69, 9.17) is 4.42 Å². The van der Waals surface area contributed by atoms with Gasteiger partial charge in [0, 0.05) is 16.8 Å². The average molecular weight is 361 g/mol. The second kappa shape index (κ2) is 4.62. The minimum absolute atomic E-state index is 0.134. The monoisotopic (exact) mass is 359 g/mol. The first-order valence-corrected chi connectivity index (χ1v) is 6.26. The summed E-state index contributed by atoms with van der Waals surface area (Å²) in [6.45, 7) is 1.33. The standard InChI is InChI=1S/C11H7Br2NO3/c1-5(15)14-9-3-6-2-7(12)4-8(13)10(6)17-11(9)16/h2-4H,1H3,(H,14,15). The second-order valence-corrected chi connectivity index (χ2v) is 5.20. The van der Waals surface area contributed by atoms with E-state index in [0.29, 0.717) is 10.1 Å². The van der Waals surface area contributed by atoms with Crippen LogP contribution in [0.15, 0.2) is 36.4 Å². The Kier molecular flexibility index (Phi) is 3.35. The molecule has 1 N–H and O–H groups in total. The minimum atomic E-state index is -0.573. The molecular weight excluding hydrogens is 354 g/mol. The summed E-state index contributed by atoms with van der Waals surface area (Å²) in [7, 11) is 0. The van der Waals surface area contributed by atoms with Gasteiger partial charge in [-0.05, 0) is 34.1 Å². The quantitative estimate of drug-likeness (QED) is 0.794. The number of carbonyl (C=O) groups excluding carboxylic acids is 1. The molecule has 0 aliphatic rings. The zero-order chi connectivity index (χ0) is 12.6. The van der Waals surface area contributed by atoms with E-state index < -0.39 is 5.63 Å². The van der Waals surface area contributed by atoms with Gasteiger partial charge in [0.1, 0.15) is 5.69 Å². The minimum Gasteiger partial charge on any atom is -0.420 e. The predicted octanol–water partition coefficient (Wildman–Crippen LogP) is 3.28. The van der Waals surface area contributed by atoms with Crippen LogP contribution in [0.5, 0.6) is 0 Å². The van der Waals surface area contributed by atoms with Crippen molar-refractivity contribution in [3.05, 3.63) is 37.6 Å². The van der Waals surface area contributed by atoms with Crippen LogP contribution in [0.2, 0.25) is 0 Å². The van der Waals surface area contributed by atoms with Gasteiger partial charge in [-0.1, -0.05) is 15.9 Å². The van der Waals surface area contributed by atoms with Gasteiger partial charge in [-0.25, -0.2) is 4.79 Å². The van der Waals surface area contributed by atoms with Crippen molar-refractivity contribution < 1.29 is 9.21 Å². The molecule has 1 heterocycles. The molecule has 2 rings (SSSR count). The maximum atomic E-state index is 11.6. The molecule has 1 amide bonds. The number of hydrogen-bond acceptors (Lipinski definition) is 3. The molecule has 88 valence electrons. The van der Waals surface area contributed by atoms with Crippen molar-refractivity contribution in [1.82, 2.24) is 0 Å². The lowest BCUT2D eigenvalue weighted by Crippen LogP contribution is -2.14. The highest BCUT2D eigenvalue weighted by atomic mass is 79.9. The molecule has 17 heavy (non-hydrogen) atoms. The van der Waals surface area contributed by atoms with Crippen molar-refractivity contribution in [2.24, 2.45) is 0 Å². The molecule has 0 aliphatic carbocycles. The van der Waals surface area contributed by atoms with E-state index in [-0.39, 0.29) is 11.6 Å². The Morgan fingerprint density at radius 2 is 2.00 bits per heavy atom. The normalized spacial score (nSPS) is 10.5. The molecule has 6 heteroatoms. The number of benzene rings is 1. The van der Waals surface area contributed by atoms with Crippen molar-refractivity contribution in [2.45, 2.75) is 6.92 Å². The molecule has 0 aliphatic heterocycles. The lowest BCUT2D eigenvalue weighted by molar-refractivity contribution is -0.114. The van der Waals surface area contributed by atoms with Gasteiger partial charge in [-0.3, -0.25) is 4.79 Å². The van der Waals surface area contributed by atoms with Crippen molar-refractivity contribution in [3.8, 4) is 0 Å². The number of nitrogens with one attached hydrogen (secondary N) is 1.